The Labute approximate surface area is 112 Å². The number of carbonyl (C=O) groups excluding carboxylic acids is 1. The Bertz CT molecular complexity index is 651. The van der Waals surface area contributed by atoms with Crippen molar-refractivity contribution >= 4 is 16.7 Å². The van der Waals surface area contributed by atoms with Gasteiger partial charge in [-0.25, -0.2) is 4.39 Å². The first-order chi connectivity index (χ1) is 9.29. The fourth-order valence-electron chi connectivity index (χ4n) is 2.00. The van der Waals surface area contributed by atoms with E-state index in [-0.39, 0.29) is 10.9 Å². The number of halogens is 4. The lowest BCUT2D eigenvalue weighted by Gasteiger charge is -2.19. The fourth-order valence-corrected chi connectivity index (χ4v) is 2.00. The summed E-state index contributed by atoms with van der Waals surface area (Å²) in [5.74, 6) is -1.31. The molecule has 0 radical (unpaired) electrons. The Morgan fingerprint density at radius 3 is 2.30 bits per heavy atom. The first-order valence-corrected chi connectivity index (χ1v) is 5.79. The molecular formula is C14H11F4NO. The van der Waals surface area contributed by atoms with Crippen LogP contribution in [0.1, 0.15) is 10.4 Å². The molecule has 6 heteroatoms. The van der Waals surface area contributed by atoms with Crippen molar-refractivity contribution in [2.75, 3.05) is 13.6 Å². The van der Waals surface area contributed by atoms with Crippen LogP contribution in [-0.4, -0.2) is 30.6 Å². The maximum absolute atomic E-state index is 13.6. The van der Waals surface area contributed by atoms with E-state index in [0.717, 1.165) is 13.1 Å². The highest BCUT2D eigenvalue weighted by Crippen LogP contribution is 2.24. The van der Waals surface area contributed by atoms with Crippen molar-refractivity contribution in [2.45, 2.75) is 6.18 Å². The van der Waals surface area contributed by atoms with Crippen molar-refractivity contribution in [2.24, 2.45) is 0 Å². The molecule has 0 atom stereocenters. The van der Waals surface area contributed by atoms with E-state index in [4.69, 9.17) is 0 Å². The van der Waals surface area contributed by atoms with Gasteiger partial charge in [-0.05, 0) is 17.5 Å². The first kappa shape index (κ1) is 14.3. The first-order valence-electron chi connectivity index (χ1n) is 5.79. The summed E-state index contributed by atoms with van der Waals surface area (Å²) in [6.07, 6.45) is -4.47. The summed E-state index contributed by atoms with van der Waals surface area (Å²) >= 11 is 0. The highest BCUT2D eigenvalue weighted by atomic mass is 19.4. The van der Waals surface area contributed by atoms with Crippen molar-refractivity contribution < 1.29 is 22.4 Å². The van der Waals surface area contributed by atoms with Crippen LogP contribution in [0.25, 0.3) is 10.8 Å². The van der Waals surface area contributed by atoms with Gasteiger partial charge in [0, 0.05) is 18.0 Å². The number of amides is 1. The van der Waals surface area contributed by atoms with Crippen molar-refractivity contribution in [3.05, 3.63) is 47.8 Å². The Hall–Kier alpha value is -2.11. The maximum atomic E-state index is 13.6. The van der Waals surface area contributed by atoms with Crippen LogP contribution in [-0.2, 0) is 0 Å². The highest BCUT2D eigenvalue weighted by molar-refractivity contribution is 6.07. The number of rotatable bonds is 2. The average Bonchev–Trinajstić information content (AvgIpc) is 2.37. The molecule has 0 aromatic heterocycles. The van der Waals surface area contributed by atoms with E-state index < -0.39 is 24.4 Å². The zero-order valence-corrected chi connectivity index (χ0v) is 10.5. The predicted octanol–water partition coefficient (Wildman–Crippen LogP) is 3.61. The third-order valence-corrected chi connectivity index (χ3v) is 2.86. The minimum atomic E-state index is -4.47. The van der Waals surface area contributed by atoms with Gasteiger partial charge in [-0.2, -0.15) is 13.2 Å². The topological polar surface area (TPSA) is 20.3 Å². The van der Waals surface area contributed by atoms with Crippen LogP contribution in [0.15, 0.2) is 36.4 Å². The zero-order valence-electron chi connectivity index (χ0n) is 10.5. The van der Waals surface area contributed by atoms with Crippen LogP contribution < -0.4 is 0 Å². The third kappa shape index (κ3) is 2.89. The molecule has 0 fully saturated rings. The molecule has 0 aliphatic rings. The van der Waals surface area contributed by atoms with Gasteiger partial charge in [0.2, 0.25) is 0 Å². The molecule has 0 heterocycles. The van der Waals surface area contributed by atoms with E-state index in [2.05, 4.69) is 0 Å². The zero-order chi connectivity index (χ0) is 14.9. The van der Waals surface area contributed by atoms with E-state index in [9.17, 15) is 22.4 Å². The highest BCUT2D eigenvalue weighted by Gasteiger charge is 2.31. The SMILES string of the molecule is CN(CC(F)(F)F)C(=O)c1ccc(F)c2ccccc12. The molecule has 2 aromatic rings. The molecule has 0 bridgehead atoms. The Kier molecular flexibility index (Phi) is 3.65. The number of hydrogen-bond donors (Lipinski definition) is 0. The molecule has 106 valence electrons. The summed E-state index contributed by atoms with van der Waals surface area (Å²) in [6.45, 7) is -1.35. The molecule has 0 saturated carbocycles. The largest absolute Gasteiger partial charge is 0.406 e. The lowest BCUT2D eigenvalue weighted by Crippen LogP contribution is -2.35. The molecule has 0 N–H and O–H groups in total. The predicted molar refractivity (Wildman–Crippen MR) is 66.9 cm³/mol. The molecule has 2 nitrogen and oxygen atoms in total. The van der Waals surface area contributed by atoms with Gasteiger partial charge < -0.3 is 4.90 Å². The van der Waals surface area contributed by atoms with E-state index in [1.54, 1.807) is 12.1 Å². The smallest absolute Gasteiger partial charge is 0.333 e. The second kappa shape index (κ2) is 5.11. The van der Waals surface area contributed by atoms with Crippen LogP contribution in [0.3, 0.4) is 0 Å². The number of hydrogen-bond acceptors (Lipinski definition) is 1. The molecule has 0 unspecified atom stereocenters. The fraction of sp³-hybridized carbons (Fsp3) is 0.214. The summed E-state index contributed by atoms with van der Waals surface area (Å²) in [7, 11) is 1.06. The lowest BCUT2D eigenvalue weighted by molar-refractivity contribution is -0.138. The normalized spacial score (nSPS) is 11.7. The molecule has 0 aliphatic carbocycles. The molecule has 0 spiro atoms. The molecule has 1 amide bonds. The van der Waals surface area contributed by atoms with Crippen LogP contribution in [0.2, 0.25) is 0 Å². The quantitative estimate of drug-likeness (QED) is 0.772. The number of nitrogens with zero attached hydrogens (tertiary/aromatic N) is 1. The lowest BCUT2D eigenvalue weighted by atomic mass is 10.0. The number of fused-ring (bicyclic) bond motifs is 1. The van der Waals surface area contributed by atoms with Gasteiger partial charge >= 0.3 is 6.18 Å². The van der Waals surface area contributed by atoms with E-state index in [0.29, 0.717) is 10.3 Å². The summed E-state index contributed by atoms with van der Waals surface area (Å²) < 4.78 is 50.5. The Balaban J connectivity index is 2.43. The van der Waals surface area contributed by atoms with Gasteiger partial charge in [-0.15, -0.1) is 0 Å². The molecular weight excluding hydrogens is 274 g/mol. The van der Waals surface area contributed by atoms with Gasteiger partial charge in [0.15, 0.2) is 0 Å². The summed E-state index contributed by atoms with van der Waals surface area (Å²) in [6, 6.07) is 8.46. The van der Waals surface area contributed by atoms with Crippen molar-refractivity contribution in [1.29, 1.82) is 0 Å². The van der Waals surface area contributed by atoms with Gasteiger partial charge in [0.05, 0.1) is 0 Å². The van der Waals surface area contributed by atoms with Crippen molar-refractivity contribution in [3.63, 3.8) is 0 Å². The molecule has 2 aromatic carbocycles. The van der Waals surface area contributed by atoms with Crippen LogP contribution in [0.4, 0.5) is 17.6 Å². The van der Waals surface area contributed by atoms with Crippen LogP contribution >= 0.6 is 0 Å². The third-order valence-electron chi connectivity index (χ3n) is 2.86. The van der Waals surface area contributed by atoms with E-state index in [1.165, 1.54) is 18.2 Å². The van der Waals surface area contributed by atoms with E-state index in [1.807, 2.05) is 0 Å². The van der Waals surface area contributed by atoms with Gasteiger partial charge in [0.25, 0.3) is 5.91 Å². The molecule has 20 heavy (non-hydrogen) atoms. The average molecular weight is 285 g/mol. The minimum Gasteiger partial charge on any atom is -0.333 e. The standard InChI is InChI=1S/C14H11F4NO/c1-19(8-14(16,17)18)13(20)11-6-7-12(15)10-5-3-2-4-9(10)11/h2-7H,8H2,1H3. The van der Waals surface area contributed by atoms with Crippen molar-refractivity contribution in [3.8, 4) is 0 Å². The second-order valence-electron chi connectivity index (χ2n) is 4.42. The molecule has 0 saturated heterocycles. The molecule has 2 rings (SSSR count). The monoisotopic (exact) mass is 285 g/mol. The maximum Gasteiger partial charge on any atom is 0.406 e. The Morgan fingerprint density at radius 2 is 1.70 bits per heavy atom. The minimum absolute atomic E-state index is 0.0498. The summed E-state index contributed by atoms with van der Waals surface area (Å²) in [5.41, 5.74) is 0.0498. The van der Waals surface area contributed by atoms with Gasteiger partial charge in [0.1, 0.15) is 12.4 Å². The van der Waals surface area contributed by atoms with Gasteiger partial charge in [-0.3, -0.25) is 4.79 Å². The van der Waals surface area contributed by atoms with E-state index >= 15 is 0 Å². The number of carbonyl (C=O) groups is 1. The number of benzene rings is 2. The van der Waals surface area contributed by atoms with Crippen molar-refractivity contribution in [1.82, 2.24) is 4.90 Å². The summed E-state index contributed by atoms with van der Waals surface area (Å²) in [5, 5.41) is 0.505. The molecule has 0 aliphatic heterocycles. The Morgan fingerprint density at radius 1 is 1.10 bits per heavy atom. The van der Waals surface area contributed by atoms with Gasteiger partial charge in [-0.1, -0.05) is 24.3 Å². The summed E-state index contributed by atoms with van der Waals surface area (Å²) in [4.78, 5) is 12.6. The second-order valence-corrected chi connectivity index (χ2v) is 4.42. The van der Waals surface area contributed by atoms with Crippen LogP contribution in [0, 0.1) is 5.82 Å². The van der Waals surface area contributed by atoms with Crippen LogP contribution in [0.5, 0.6) is 0 Å². The number of alkyl halides is 3.